The van der Waals surface area contributed by atoms with Crippen LogP contribution in [0.4, 0.5) is 5.13 Å². The molecule has 1 saturated carbocycles. The number of anilines is 1. The van der Waals surface area contributed by atoms with Crippen molar-refractivity contribution in [2.24, 2.45) is 0 Å². The SMILES string of the molecule is COCCc1nsc(N2CCOC3CCC(OC)CC32)n1. The lowest BCUT2D eigenvalue weighted by Crippen LogP contribution is -2.55. The van der Waals surface area contributed by atoms with Gasteiger partial charge < -0.3 is 19.1 Å². The molecule has 0 aromatic carbocycles. The third kappa shape index (κ3) is 3.36. The zero-order chi connectivity index (χ0) is 14.7. The van der Waals surface area contributed by atoms with Gasteiger partial charge in [0.1, 0.15) is 5.82 Å². The Hall–Kier alpha value is -0.760. The molecule has 3 rings (SSSR count). The van der Waals surface area contributed by atoms with Crippen LogP contribution in [0, 0.1) is 0 Å². The predicted octanol–water partition coefficient (Wildman–Crippen LogP) is 1.50. The second kappa shape index (κ2) is 7.00. The van der Waals surface area contributed by atoms with Crippen molar-refractivity contribution in [2.75, 3.05) is 38.9 Å². The van der Waals surface area contributed by atoms with E-state index in [9.17, 15) is 0 Å². The highest BCUT2D eigenvalue weighted by atomic mass is 32.1. The summed E-state index contributed by atoms with van der Waals surface area (Å²) in [5.41, 5.74) is 0. The summed E-state index contributed by atoms with van der Waals surface area (Å²) >= 11 is 1.48. The first-order valence-electron chi connectivity index (χ1n) is 7.54. The molecule has 0 bridgehead atoms. The summed E-state index contributed by atoms with van der Waals surface area (Å²) in [7, 11) is 3.50. The predicted molar refractivity (Wildman–Crippen MR) is 81.0 cm³/mol. The molecule has 0 spiro atoms. The standard InChI is InChI=1S/C14H23N3O3S/c1-18-7-5-13-15-14(21-16-13)17-6-8-20-12-4-3-10(19-2)9-11(12)17/h10-12H,3-9H2,1-2H3. The molecule has 3 unspecified atom stereocenters. The highest BCUT2D eigenvalue weighted by Crippen LogP contribution is 2.33. The van der Waals surface area contributed by atoms with Crippen LogP contribution in [0.5, 0.6) is 0 Å². The van der Waals surface area contributed by atoms with Crippen molar-refractivity contribution in [2.45, 2.75) is 43.9 Å². The maximum Gasteiger partial charge on any atom is 0.205 e. The number of hydrogen-bond acceptors (Lipinski definition) is 7. The number of morpholine rings is 1. The summed E-state index contributed by atoms with van der Waals surface area (Å²) in [6.45, 7) is 2.32. The topological polar surface area (TPSA) is 56.7 Å². The van der Waals surface area contributed by atoms with Gasteiger partial charge >= 0.3 is 0 Å². The summed E-state index contributed by atoms with van der Waals surface area (Å²) < 4.78 is 21.0. The van der Waals surface area contributed by atoms with E-state index in [1.54, 1.807) is 14.2 Å². The number of aromatic nitrogens is 2. The first kappa shape index (κ1) is 15.1. The van der Waals surface area contributed by atoms with Crippen molar-refractivity contribution in [3.63, 3.8) is 0 Å². The molecule has 7 heteroatoms. The van der Waals surface area contributed by atoms with E-state index in [2.05, 4.69) is 14.3 Å². The molecular weight excluding hydrogens is 290 g/mol. The molecule has 0 amide bonds. The van der Waals surface area contributed by atoms with E-state index in [0.717, 1.165) is 49.8 Å². The lowest BCUT2D eigenvalue weighted by molar-refractivity contribution is -0.0471. The number of hydrogen-bond donors (Lipinski definition) is 0. The number of ether oxygens (including phenoxy) is 3. The van der Waals surface area contributed by atoms with E-state index in [-0.39, 0.29) is 0 Å². The van der Waals surface area contributed by atoms with Crippen LogP contribution in [0.15, 0.2) is 0 Å². The van der Waals surface area contributed by atoms with Crippen molar-refractivity contribution >= 4 is 16.7 Å². The first-order chi connectivity index (χ1) is 10.3. The maximum absolute atomic E-state index is 5.94. The molecular formula is C14H23N3O3S. The van der Waals surface area contributed by atoms with Crippen molar-refractivity contribution in [3.8, 4) is 0 Å². The van der Waals surface area contributed by atoms with E-state index in [0.29, 0.717) is 24.9 Å². The molecule has 1 aliphatic heterocycles. The Kier molecular flexibility index (Phi) is 5.05. The van der Waals surface area contributed by atoms with Gasteiger partial charge in [-0.3, -0.25) is 0 Å². The van der Waals surface area contributed by atoms with Crippen molar-refractivity contribution in [3.05, 3.63) is 5.82 Å². The molecule has 2 aliphatic rings. The Morgan fingerprint density at radius 3 is 3.10 bits per heavy atom. The minimum Gasteiger partial charge on any atom is -0.384 e. The molecule has 2 heterocycles. The second-order valence-electron chi connectivity index (χ2n) is 5.58. The van der Waals surface area contributed by atoms with E-state index < -0.39 is 0 Å². The monoisotopic (exact) mass is 313 g/mol. The molecule has 1 saturated heterocycles. The molecule has 2 fully saturated rings. The van der Waals surface area contributed by atoms with Crippen LogP contribution in [0.3, 0.4) is 0 Å². The molecule has 1 aromatic rings. The fourth-order valence-electron chi connectivity index (χ4n) is 3.18. The average molecular weight is 313 g/mol. The molecule has 6 nitrogen and oxygen atoms in total. The van der Waals surface area contributed by atoms with Crippen LogP contribution in [0.1, 0.15) is 25.1 Å². The molecule has 118 valence electrons. The largest absolute Gasteiger partial charge is 0.384 e. The van der Waals surface area contributed by atoms with Gasteiger partial charge in [0.05, 0.1) is 31.5 Å². The Labute approximate surface area is 129 Å². The fourth-order valence-corrected chi connectivity index (χ4v) is 3.98. The number of fused-ring (bicyclic) bond motifs is 1. The molecule has 3 atom stereocenters. The molecule has 1 aromatic heterocycles. The second-order valence-corrected chi connectivity index (χ2v) is 6.31. The van der Waals surface area contributed by atoms with Crippen molar-refractivity contribution in [1.82, 2.24) is 9.36 Å². The highest BCUT2D eigenvalue weighted by Gasteiger charge is 2.39. The number of nitrogens with zero attached hydrogens (tertiary/aromatic N) is 3. The molecule has 0 N–H and O–H groups in total. The summed E-state index contributed by atoms with van der Waals surface area (Å²) in [5.74, 6) is 0.874. The zero-order valence-corrected chi connectivity index (χ0v) is 13.5. The van der Waals surface area contributed by atoms with E-state index in [1.165, 1.54) is 11.5 Å². The Balaban J connectivity index is 1.71. The summed E-state index contributed by atoms with van der Waals surface area (Å²) in [6, 6.07) is 0.362. The Bertz CT molecular complexity index is 456. The van der Waals surface area contributed by atoms with Crippen LogP contribution >= 0.6 is 11.5 Å². The van der Waals surface area contributed by atoms with E-state index >= 15 is 0 Å². The van der Waals surface area contributed by atoms with Gasteiger partial charge in [0.2, 0.25) is 5.13 Å². The molecule has 0 radical (unpaired) electrons. The van der Waals surface area contributed by atoms with E-state index in [4.69, 9.17) is 14.2 Å². The van der Waals surface area contributed by atoms with Gasteiger partial charge in [0.25, 0.3) is 0 Å². The van der Waals surface area contributed by atoms with Gasteiger partial charge in [-0.25, -0.2) is 4.98 Å². The Morgan fingerprint density at radius 2 is 2.29 bits per heavy atom. The van der Waals surface area contributed by atoms with Crippen LogP contribution in [-0.2, 0) is 20.6 Å². The van der Waals surface area contributed by atoms with E-state index in [1.807, 2.05) is 0 Å². The number of methoxy groups -OCH3 is 2. The summed E-state index contributed by atoms with van der Waals surface area (Å²) in [4.78, 5) is 7.04. The fraction of sp³-hybridized carbons (Fsp3) is 0.857. The van der Waals surface area contributed by atoms with Gasteiger partial charge in [-0.2, -0.15) is 4.37 Å². The summed E-state index contributed by atoms with van der Waals surface area (Å²) in [5, 5.41) is 1.01. The number of rotatable bonds is 5. The zero-order valence-electron chi connectivity index (χ0n) is 12.7. The molecule has 1 aliphatic carbocycles. The Morgan fingerprint density at radius 1 is 1.38 bits per heavy atom. The van der Waals surface area contributed by atoms with Crippen LogP contribution in [-0.4, -0.2) is 61.6 Å². The lowest BCUT2D eigenvalue weighted by atomic mass is 9.88. The minimum absolute atomic E-state index is 0.302. The van der Waals surface area contributed by atoms with Gasteiger partial charge in [0.15, 0.2) is 0 Å². The van der Waals surface area contributed by atoms with Crippen LogP contribution in [0.2, 0.25) is 0 Å². The highest BCUT2D eigenvalue weighted by molar-refractivity contribution is 7.09. The third-order valence-corrected chi connectivity index (χ3v) is 5.13. The van der Waals surface area contributed by atoms with Gasteiger partial charge in [-0.05, 0) is 19.3 Å². The van der Waals surface area contributed by atoms with Crippen LogP contribution < -0.4 is 4.90 Å². The maximum atomic E-state index is 5.94. The third-order valence-electron chi connectivity index (χ3n) is 4.34. The minimum atomic E-state index is 0.302. The van der Waals surface area contributed by atoms with Gasteiger partial charge in [0, 0.05) is 38.7 Å². The quantitative estimate of drug-likeness (QED) is 0.821. The van der Waals surface area contributed by atoms with Crippen molar-refractivity contribution < 1.29 is 14.2 Å². The summed E-state index contributed by atoms with van der Waals surface area (Å²) in [6.07, 6.45) is 4.56. The van der Waals surface area contributed by atoms with Crippen molar-refractivity contribution in [1.29, 1.82) is 0 Å². The van der Waals surface area contributed by atoms with Crippen LogP contribution in [0.25, 0.3) is 0 Å². The first-order valence-corrected chi connectivity index (χ1v) is 8.31. The molecule has 21 heavy (non-hydrogen) atoms. The normalized spacial score (nSPS) is 29.4. The van der Waals surface area contributed by atoms with Gasteiger partial charge in [-0.15, -0.1) is 0 Å². The van der Waals surface area contributed by atoms with Gasteiger partial charge in [-0.1, -0.05) is 0 Å². The lowest BCUT2D eigenvalue weighted by Gasteiger charge is -2.45. The smallest absolute Gasteiger partial charge is 0.205 e. The average Bonchev–Trinajstić information content (AvgIpc) is 3.00.